The second-order valence-electron chi connectivity index (χ2n) is 6.41. The molecule has 0 bridgehead atoms. The number of rotatable bonds is 7. The predicted octanol–water partition coefficient (Wildman–Crippen LogP) is 4.86. The lowest BCUT2D eigenvalue weighted by atomic mass is 10.2. The number of carbonyl (C=O) groups excluding carboxylic acids is 1. The lowest BCUT2D eigenvalue weighted by Gasteiger charge is -2.13. The van der Waals surface area contributed by atoms with Crippen molar-refractivity contribution in [2.24, 2.45) is 5.10 Å². The maximum Gasteiger partial charge on any atom is 0.271 e. The third-order valence-electron chi connectivity index (χ3n) is 4.29. The van der Waals surface area contributed by atoms with Crippen LogP contribution in [0.4, 0.5) is 27.6 Å². The van der Waals surface area contributed by atoms with Crippen molar-refractivity contribution in [1.82, 2.24) is 5.43 Å². The van der Waals surface area contributed by atoms with Gasteiger partial charge in [0.25, 0.3) is 11.6 Å². The molecule has 0 saturated heterocycles. The Morgan fingerprint density at radius 1 is 0.941 bits per heavy atom. The third-order valence-corrected chi connectivity index (χ3v) is 4.29. The zero-order valence-electron chi connectivity index (χ0n) is 16.9. The second-order valence-corrected chi connectivity index (χ2v) is 6.41. The highest BCUT2D eigenvalue weighted by molar-refractivity contribution is 5.95. The molecule has 0 aliphatic heterocycles. The molecular weight excluding hydrogens is 469 g/mol. The summed E-state index contributed by atoms with van der Waals surface area (Å²) >= 11 is 0. The van der Waals surface area contributed by atoms with Crippen LogP contribution in [0.3, 0.4) is 0 Å². The Hall–Kier alpha value is -4.55. The van der Waals surface area contributed by atoms with Gasteiger partial charge in [0.2, 0.25) is 34.8 Å². The summed E-state index contributed by atoms with van der Waals surface area (Å²) in [7, 11) is 1.16. The number of nitrogens with one attached hydrogen (secondary N) is 1. The number of hydrogen-bond donors (Lipinski definition) is 1. The van der Waals surface area contributed by atoms with Crippen molar-refractivity contribution in [2.75, 3.05) is 7.11 Å². The van der Waals surface area contributed by atoms with Crippen molar-refractivity contribution in [3.8, 4) is 17.2 Å². The number of halogens is 5. The molecule has 0 aliphatic carbocycles. The highest BCUT2D eigenvalue weighted by Gasteiger charge is 2.28. The lowest BCUT2D eigenvalue weighted by Crippen LogP contribution is -2.17. The summed E-state index contributed by atoms with van der Waals surface area (Å²) in [6.45, 7) is 0. The molecule has 3 aromatic carbocycles. The number of nitro benzene ring substituents is 1. The molecule has 3 aromatic rings. The molecule has 0 spiro atoms. The fourth-order valence-corrected chi connectivity index (χ4v) is 2.60. The van der Waals surface area contributed by atoms with E-state index in [0.717, 1.165) is 31.5 Å². The highest BCUT2D eigenvalue weighted by atomic mass is 19.2. The fourth-order valence-electron chi connectivity index (χ4n) is 2.60. The van der Waals surface area contributed by atoms with E-state index in [-0.39, 0.29) is 22.7 Å². The minimum absolute atomic E-state index is 0.104. The molecule has 0 atom stereocenters. The first kappa shape index (κ1) is 24.1. The van der Waals surface area contributed by atoms with Crippen molar-refractivity contribution < 1.29 is 41.1 Å². The highest BCUT2D eigenvalue weighted by Crippen LogP contribution is 2.37. The minimum Gasteiger partial charge on any atom is -0.493 e. The second kappa shape index (κ2) is 9.94. The van der Waals surface area contributed by atoms with Crippen molar-refractivity contribution in [3.63, 3.8) is 0 Å². The van der Waals surface area contributed by atoms with Crippen LogP contribution in [-0.2, 0) is 0 Å². The first-order valence-electron chi connectivity index (χ1n) is 9.09. The van der Waals surface area contributed by atoms with Crippen LogP contribution in [0.5, 0.6) is 17.2 Å². The van der Waals surface area contributed by atoms with Crippen LogP contribution in [0.25, 0.3) is 0 Å². The van der Waals surface area contributed by atoms with Crippen LogP contribution in [0, 0.1) is 39.2 Å². The molecule has 176 valence electrons. The molecule has 1 N–H and O–H groups in total. The van der Waals surface area contributed by atoms with E-state index in [2.05, 4.69) is 10.5 Å². The van der Waals surface area contributed by atoms with E-state index in [0.29, 0.717) is 5.56 Å². The van der Waals surface area contributed by atoms with Crippen molar-refractivity contribution >= 4 is 17.8 Å². The molecule has 0 fully saturated rings. The fraction of sp³-hybridized carbons (Fsp3) is 0.0476. The lowest BCUT2D eigenvalue weighted by molar-refractivity contribution is -0.384. The van der Waals surface area contributed by atoms with Gasteiger partial charge in [0.05, 0.1) is 18.2 Å². The number of methoxy groups -OCH3 is 1. The van der Waals surface area contributed by atoms with Gasteiger partial charge in [-0.3, -0.25) is 14.9 Å². The molecule has 0 aliphatic rings. The van der Waals surface area contributed by atoms with E-state index in [4.69, 9.17) is 9.47 Å². The third kappa shape index (κ3) is 4.92. The van der Waals surface area contributed by atoms with Crippen LogP contribution in [0.2, 0.25) is 0 Å². The number of carbonyl (C=O) groups is 1. The monoisotopic (exact) mass is 481 g/mol. The van der Waals surface area contributed by atoms with Crippen LogP contribution in [-0.4, -0.2) is 24.2 Å². The quantitative estimate of drug-likeness (QED) is 0.130. The van der Waals surface area contributed by atoms with Gasteiger partial charge in [0.1, 0.15) is 0 Å². The summed E-state index contributed by atoms with van der Waals surface area (Å²) in [4.78, 5) is 22.1. The number of hydrogen-bond acceptors (Lipinski definition) is 6. The molecule has 13 heteroatoms. The molecule has 0 heterocycles. The van der Waals surface area contributed by atoms with Crippen molar-refractivity contribution in [2.45, 2.75) is 0 Å². The van der Waals surface area contributed by atoms with E-state index >= 15 is 0 Å². The van der Waals surface area contributed by atoms with Gasteiger partial charge >= 0.3 is 0 Å². The van der Waals surface area contributed by atoms with Gasteiger partial charge in [-0.1, -0.05) is 0 Å². The normalized spacial score (nSPS) is 10.9. The standard InChI is InChI=1S/C21H12F5N3O5/c1-33-14-8-10(9-27-28-21(30)11-3-5-12(6-4-11)29(31)32)2-7-13(14)34-20-18(25)16(23)15(22)17(24)19(20)26/h2-9H,1H3,(H,28,30)/b27-9+. The van der Waals surface area contributed by atoms with Crippen LogP contribution in [0.1, 0.15) is 15.9 Å². The van der Waals surface area contributed by atoms with Crippen LogP contribution < -0.4 is 14.9 Å². The Morgan fingerprint density at radius 2 is 1.53 bits per heavy atom. The van der Waals surface area contributed by atoms with Gasteiger partial charge in [-0.25, -0.2) is 18.6 Å². The van der Waals surface area contributed by atoms with Crippen molar-refractivity contribution in [1.29, 1.82) is 0 Å². The number of benzene rings is 3. The molecule has 1 amide bonds. The summed E-state index contributed by atoms with van der Waals surface area (Å²) in [5.74, 6) is -13.6. The van der Waals surface area contributed by atoms with Gasteiger partial charge in [0, 0.05) is 17.7 Å². The summed E-state index contributed by atoms with van der Waals surface area (Å²) in [6.07, 6.45) is 1.16. The molecule has 8 nitrogen and oxygen atoms in total. The largest absolute Gasteiger partial charge is 0.493 e. The molecule has 0 saturated carbocycles. The maximum absolute atomic E-state index is 13.9. The molecule has 34 heavy (non-hydrogen) atoms. The van der Waals surface area contributed by atoms with Gasteiger partial charge in [-0.05, 0) is 35.9 Å². The number of amides is 1. The predicted molar refractivity (Wildman–Crippen MR) is 107 cm³/mol. The minimum atomic E-state index is -2.32. The van der Waals surface area contributed by atoms with E-state index in [1.54, 1.807) is 0 Å². The topological polar surface area (TPSA) is 103 Å². The zero-order chi connectivity index (χ0) is 25.0. The summed E-state index contributed by atoms with van der Waals surface area (Å²) < 4.78 is 77.6. The first-order valence-corrected chi connectivity index (χ1v) is 9.09. The number of nitrogens with zero attached hydrogens (tertiary/aromatic N) is 2. The number of non-ortho nitro benzene ring substituents is 1. The average molecular weight is 481 g/mol. The smallest absolute Gasteiger partial charge is 0.271 e. The van der Waals surface area contributed by atoms with E-state index in [9.17, 15) is 36.9 Å². The molecular formula is C21H12F5N3O5. The number of ether oxygens (including phenoxy) is 2. The van der Waals surface area contributed by atoms with Crippen LogP contribution in [0.15, 0.2) is 47.6 Å². The Balaban J connectivity index is 1.76. The van der Waals surface area contributed by atoms with Gasteiger partial charge < -0.3 is 9.47 Å². The Morgan fingerprint density at radius 3 is 2.09 bits per heavy atom. The number of hydrazone groups is 1. The van der Waals surface area contributed by atoms with Gasteiger partial charge in [-0.2, -0.15) is 13.9 Å². The van der Waals surface area contributed by atoms with E-state index in [1.165, 1.54) is 24.3 Å². The molecule has 3 rings (SSSR count). The first-order chi connectivity index (χ1) is 16.1. The Labute approximate surface area is 187 Å². The molecule has 0 radical (unpaired) electrons. The van der Waals surface area contributed by atoms with Crippen LogP contribution >= 0.6 is 0 Å². The van der Waals surface area contributed by atoms with Gasteiger partial charge in [0.15, 0.2) is 11.5 Å². The maximum atomic E-state index is 13.9. The summed E-state index contributed by atoms with van der Waals surface area (Å²) in [5.41, 5.74) is 2.40. The Kier molecular flexibility index (Phi) is 7.04. The van der Waals surface area contributed by atoms with Crippen molar-refractivity contribution in [3.05, 3.63) is 92.8 Å². The zero-order valence-corrected chi connectivity index (χ0v) is 16.9. The van der Waals surface area contributed by atoms with E-state index < -0.39 is 45.7 Å². The van der Waals surface area contributed by atoms with Gasteiger partial charge in [-0.15, -0.1) is 0 Å². The molecule has 0 aromatic heterocycles. The summed E-state index contributed by atoms with van der Waals surface area (Å²) in [5, 5.41) is 14.4. The number of nitro groups is 1. The van der Waals surface area contributed by atoms with E-state index in [1.807, 2.05) is 0 Å². The summed E-state index contributed by atoms with van der Waals surface area (Å²) in [6, 6.07) is 8.43. The average Bonchev–Trinajstić information content (AvgIpc) is 2.84. The Bertz CT molecular complexity index is 1270. The SMILES string of the molecule is COc1cc(/C=N/NC(=O)c2ccc([N+](=O)[O-])cc2)ccc1Oc1c(F)c(F)c(F)c(F)c1F. The molecule has 0 unspecified atom stereocenters.